The van der Waals surface area contributed by atoms with Crippen LogP contribution >= 0.6 is 0 Å². The molecule has 0 unspecified atom stereocenters. The van der Waals surface area contributed by atoms with Gasteiger partial charge in [0.05, 0.1) is 11.7 Å². The number of hydrogen-bond donors (Lipinski definition) is 3. The minimum Gasteiger partial charge on any atom is -0.465 e. The Hall–Kier alpha value is -3.55. The molecule has 8 nitrogen and oxygen atoms in total. The molecule has 1 aliphatic rings. The first-order valence-corrected chi connectivity index (χ1v) is 8.67. The summed E-state index contributed by atoms with van der Waals surface area (Å²) in [6.07, 6.45) is 0.852. The minimum absolute atomic E-state index is 0.184. The molecule has 27 heavy (non-hydrogen) atoms. The molecule has 138 valence electrons. The Morgan fingerprint density at radius 3 is 2.48 bits per heavy atom. The van der Waals surface area contributed by atoms with Crippen molar-refractivity contribution in [2.75, 3.05) is 36.4 Å². The van der Waals surface area contributed by atoms with E-state index in [2.05, 4.69) is 20.4 Å². The molecule has 2 aromatic carbocycles. The van der Waals surface area contributed by atoms with Crippen molar-refractivity contribution >= 4 is 34.3 Å². The van der Waals surface area contributed by atoms with Crippen LogP contribution in [-0.2, 0) is 0 Å². The van der Waals surface area contributed by atoms with Crippen molar-refractivity contribution in [1.82, 2.24) is 15.1 Å². The zero-order chi connectivity index (χ0) is 18.8. The van der Waals surface area contributed by atoms with E-state index in [1.165, 1.54) is 4.90 Å². The fourth-order valence-electron chi connectivity index (χ4n) is 3.20. The Balaban J connectivity index is 1.41. The molecule has 1 fully saturated rings. The number of nitrogens with one attached hydrogen (secondary N) is 2. The Kier molecular flexibility index (Phi) is 4.37. The molecule has 1 saturated heterocycles. The molecular formula is C19H19N5O3. The summed E-state index contributed by atoms with van der Waals surface area (Å²) in [7, 11) is 0. The van der Waals surface area contributed by atoms with Crippen molar-refractivity contribution in [1.29, 1.82) is 0 Å². The zero-order valence-corrected chi connectivity index (χ0v) is 14.6. The number of hydrogen-bond acceptors (Lipinski definition) is 4. The van der Waals surface area contributed by atoms with Crippen LogP contribution in [0.1, 0.15) is 10.4 Å². The van der Waals surface area contributed by atoms with E-state index in [1.807, 2.05) is 30.3 Å². The van der Waals surface area contributed by atoms with Gasteiger partial charge in [0, 0.05) is 48.5 Å². The van der Waals surface area contributed by atoms with E-state index < -0.39 is 6.09 Å². The van der Waals surface area contributed by atoms with Crippen LogP contribution in [0.5, 0.6) is 0 Å². The Morgan fingerprint density at radius 1 is 1.04 bits per heavy atom. The van der Waals surface area contributed by atoms with Gasteiger partial charge in [-0.15, -0.1) is 0 Å². The van der Waals surface area contributed by atoms with Crippen LogP contribution in [0.4, 0.5) is 16.2 Å². The number of aromatic amines is 1. The van der Waals surface area contributed by atoms with Gasteiger partial charge >= 0.3 is 6.09 Å². The number of rotatable bonds is 3. The maximum Gasteiger partial charge on any atom is 0.407 e. The maximum atomic E-state index is 12.5. The number of nitrogens with zero attached hydrogens (tertiary/aromatic N) is 3. The van der Waals surface area contributed by atoms with Crippen molar-refractivity contribution < 1.29 is 14.7 Å². The molecule has 0 radical (unpaired) electrons. The molecule has 2 heterocycles. The summed E-state index contributed by atoms with van der Waals surface area (Å²) < 4.78 is 0. The van der Waals surface area contributed by atoms with Crippen LogP contribution in [0.2, 0.25) is 0 Å². The van der Waals surface area contributed by atoms with Gasteiger partial charge in [-0.1, -0.05) is 0 Å². The Bertz CT molecular complexity index is 974. The summed E-state index contributed by atoms with van der Waals surface area (Å²) in [5, 5.41) is 19.7. The highest BCUT2D eigenvalue weighted by molar-refractivity contribution is 6.05. The third-order valence-electron chi connectivity index (χ3n) is 4.74. The monoisotopic (exact) mass is 365 g/mol. The van der Waals surface area contributed by atoms with Gasteiger partial charge < -0.3 is 20.2 Å². The molecule has 0 aliphatic carbocycles. The summed E-state index contributed by atoms with van der Waals surface area (Å²) >= 11 is 0. The topological polar surface area (TPSA) is 102 Å². The van der Waals surface area contributed by atoms with Gasteiger partial charge in [0.25, 0.3) is 5.91 Å². The number of piperazine rings is 1. The summed E-state index contributed by atoms with van der Waals surface area (Å²) in [5.41, 5.74) is 3.11. The predicted octanol–water partition coefficient (Wildman–Crippen LogP) is 2.62. The maximum absolute atomic E-state index is 12.5. The first kappa shape index (κ1) is 16.9. The third kappa shape index (κ3) is 3.55. The number of carboxylic acid groups (broad SMARTS) is 1. The average Bonchev–Trinajstić information content (AvgIpc) is 3.16. The lowest BCUT2D eigenvalue weighted by Gasteiger charge is -2.34. The first-order chi connectivity index (χ1) is 13.1. The van der Waals surface area contributed by atoms with E-state index >= 15 is 0 Å². The lowest BCUT2D eigenvalue weighted by molar-refractivity contribution is 0.102. The summed E-state index contributed by atoms with van der Waals surface area (Å²) in [6, 6.07) is 12.9. The van der Waals surface area contributed by atoms with Gasteiger partial charge in [-0.2, -0.15) is 5.10 Å². The van der Waals surface area contributed by atoms with Crippen LogP contribution in [0.15, 0.2) is 48.7 Å². The summed E-state index contributed by atoms with van der Waals surface area (Å²) in [6.45, 7) is 2.24. The summed E-state index contributed by atoms with van der Waals surface area (Å²) in [5.74, 6) is -0.184. The zero-order valence-electron chi connectivity index (χ0n) is 14.6. The Labute approximate surface area is 155 Å². The first-order valence-electron chi connectivity index (χ1n) is 8.67. The van der Waals surface area contributed by atoms with Crippen molar-refractivity contribution in [2.24, 2.45) is 0 Å². The van der Waals surface area contributed by atoms with E-state index in [4.69, 9.17) is 5.11 Å². The van der Waals surface area contributed by atoms with Crippen LogP contribution in [0.3, 0.4) is 0 Å². The standard InChI is InChI=1S/C19H19N5O3/c25-18(21-15-4-1-14-12-20-22-17(14)11-15)13-2-5-16(6-3-13)23-7-9-24(10-8-23)19(26)27/h1-6,11-12H,7-10H2,(H,20,22)(H,21,25)(H,26,27). The molecule has 0 bridgehead atoms. The van der Waals surface area contributed by atoms with Gasteiger partial charge in [-0.05, 0) is 42.5 Å². The van der Waals surface area contributed by atoms with Crippen LogP contribution < -0.4 is 10.2 Å². The van der Waals surface area contributed by atoms with Gasteiger partial charge in [-0.25, -0.2) is 4.79 Å². The van der Waals surface area contributed by atoms with Crippen LogP contribution in [-0.4, -0.2) is 58.4 Å². The van der Waals surface area contributed by atoms with E-state index in [9.17, 15) is 9.59 Å². The highest BCUT2D eigenvalue weighted by atomic mass is 16.4. The van der Waals surface area contributed by atoms with Crippen molar-refractivity contribution in [2.45, 2.75) is 0 Å². The van der Waals surface area contributed by atoms with E-state index in [0.717, 1.165) is 16.6 Å². The van der Waals surface area contributed by atoms with E-state index in [0.29, 0.717) is 37.4 Å². The molecule has 1 aliphatic heterocycles. The fraction of sp³-hybridized carbons (Fsp3) is 0.211. The fourth-order valence-corrected chi connectivity index (χ4v) is 3.20. The van der Waals surface area contributed by atoms with Gasteiger partial charge in [0.2, 0.25) is 0 Å². The van der Waals surface area contributed by atoms with Crippen LogP contribution in [0.25, 0.3) is 10.9 Å². The summed E-state index contributed by atoms with van der Waals surface area (Å²) in [4.78, 5) is 27.0. The van der Waals surface area contributed by atoms with Crippen molar-refractivity contribution in [3.63, 3.8) is 0 Å². The molecule has 8 heteroatoms. The largest absolute Gasteiger partial charge is 0.465 e. The van der Waals surface area contributed by atoms with E-state index in [1.54, 1.807) is 18.3 Å². The number of aromatic nitrogens is 2. The smallest absolute Gasteiger partial charge is 0.407 e. The quantitative estimate of drug-likeness (QED) is 0.662. The second kappa shape index (κ2) is 6.99. The number of carbonyl (C=O) groups excluding carboxylic acids is 1. The highest BCUT2D eigenvalue weighted by Crippen LogP contribution is 2.20. The SMILES string of the molecule is O=C(Nc1ccc2cn[nH]c2c1)c1ccc(N2CCN(C(=O)O)CC2)cc1. The van der Waals surface area contributed by atoms with E-state index in [-0.39, 0.29) is 5.91 Å². The highest BCUT2D eigenvalue weighted by Gasteiger charge is 2.20. The Morgan fingerprint density at radius 2 is 1.78 bits per heavy atom. The molecular weight excluding hydrogens is 346 g/mol. The number of benzene rings is 2. The van der Waals surface area contributed by atoms with Gasteiger partial charge in [-0.3, -0.25) is 9.89 Å². The predicted molar refractivity (Wildman–Crippen MR) is 102 cm³/mol. The number of fused-ring (bicyclic) bond motifs is 1. The van der Waals surface area contributed by atoms with Crippen LogP contribution in [0, 0.1) is 0 Å². The van der Waals surface area contributed by atoms with Gasteiger partial charge in [0.15, 0.2) is 0 Å². The molecule has 3 N–H and O–H groups in total. The molecule has 1 aromatic heterocycles. The molecule has 2 amide bonds. The second-order valence-corrected chi connectivity index (χ2v) is 6.43. The number of H-pyrrole nitrogens is 1. The molecule has 0 spiro atoms. The number of amides is 2. The lowest BCUT2D eigenvalue weighted by atomic mass is 10.1. The molecule has 0 saturated carbocycles. The van der Waals surface area contributed by atoms with Gasteiger partial charge in [0.1, 0.15) is 0 Å². The molecule has 3 aromatic rings. The normalized spacial score (nSPS) is 14.4. The minimum atomic E-state index is -0.880. The van der Waals surface area contributed by atoms with Crippen molar-refractivity contribution in [3.8, 4) is 0 Å². The third-order valence-corrected chi connectivity index (χ3v) is 4.74. The number of anilines is 2. The average molecular weight is 365 g/mol. The number of carbonyl (C=O) groups is 2. The molecule has 0 atom stereocenters. The molecule has 4 rings (SSSR count). The van der Waals surface area contributed by atoms with Crippen molar-refractivity contribution in [3.05, 3.63) is 54.2 Å². The second-order valence-electron chi connectivity index (χ2n) is 6.43. The lowest BCUT2D eigenvalue weighted by Crippen LogP contribution is -2.48.